The van der Waals surface area contributed by atoms with Crippen LogP contribution in [0.5, 0.6) is 5.75 Å². The minimum atomic E-state index is -0.386. The number of hydrazone groups is 1. The number of nitrogens with one attached hydrogen (secondary N) is 1. The molecule has 7 heteroatoms. The normalized spacial score (nSPS) is 15.9. The first-order valence-electron chi connectivity index (χ1n) is 10.4. The van der Waals surface area contributed by atoms with E-state index in [0.29, 0.717) is 18.2 Å². The van der Waals surface area contributed by atoms with Crippen molar-refractivity contribution in [3.8, 4) is 5.75 Å². The first kappa shape index (κ1) is 20.4. The smallest absolute Gasteiger partial charge is 0.260 e. The van der Waals surface area contributed by atoms with Gasteiger partial charge in [0.1, 0.15) is 5.75 Å². The Balaban J connectivity index is 1.38. The maximum atomic E-state index is 13.4. The molecule has 1 atom stereocenters. The van der Waals surface area contributed by atoms with Gasteiger partial charge in [0.05, 0.1) is 29.0 Å². The molecule has 32 heavy (non-hydrogen) atoms. The predicted molar refractivity (Wildman–Crippen MR) is 128 cm³/mol. The van der Waals surface area contributed by atoms with Crippen molar-refractivity contribution in [2.24, 2.45) is 11.0 Å². The highest BCUT2D eigenvalue weighted by Crippen LogP contribution is 2.33. The Morgan fingerprint density at radius 3 is 2.50 bits per heavy atom. The van der Waals surface area contributed by atoms with Crippen LogP contribution in [0.4, 0.5) is 5.13 Å². The van der Waals surface area contributed by atoms with Crippen LogP contribution in [0.2, 0.25) is 0 Å². The van der Waals surface area contributed by atoms with Crippen LogP contribution in [0, 0.1) is 5.92 Å². The summed E-state index contributed by atoms with van der Waals surface area (Å²) >= 11 is 1.48. The number of aromatic nitrogens is 1. The number of hydrogen-bond acceptors (Lipinski definition) is 6. The molecule has 1 amide bonds. The lowest BCUT2D eigenvalue weighted by molar-refractivity contribution is -0.119. The van der Waals surface area contributed by atoms with Gasteiger partial charge in [-0.3, -0.25) is 4.79 Å². The van der Waals surface area contributed by atoms with Crippen LogP contribution in [0.15, 0.2) is 84.0 Å². The topological polar surface area (TPSA) is 66.8 Å². The fourth-order valence-electron chi connectivity index (χ4n) is 3.74. The monoisotopic (exact) mass is 442 g/mol. The number of anilines is 1. The highest BCUT2D eigenvalue weighted by molar-refractivity contribution is 7.22. The number of methoxy groups -OCH3 is 1. The van der Waals surface area contributed by atoms with E-state index in [9.17, 15) is 4.79 Å². The molecule has 0 saturated carbocycles. The molecule has 2 heterocycles. The van der Waals surface area contributed by atoms with Crippen molar-refractivity contribution in [1.29, 1.82) is 0 Å². The summed E-state index contributed by atoms with van der Waals surface area (Å²) in [7, 11) is 1.65. The lowest BCUT2D eigenvalue weighted by Gasteiger charge is -2.14. The molecule has 0 radical (unpaired) electrons. The van der Waals surface area contributed by atoms with Crippen molar-refractivity contribution < 1.29 is 9.53 Å². The SMILES string of the molecule is COc1ccc(CNCC2C(=O)N(c3nc4ccccc4s3)N=C2c2ccccc2)cc1. The zero-order chi connectivity index (χ0) is 21.9. The van der Waals surface area contributed by atoms with E-state index in [0.717, 1.165) is 32.8 Å². The molecule has 0 aliphatic carbocycles. The largest absolute Gasteiger partial charge is 0.497 e. The quantitative estimate of drug-likeness (QED) is 0.459. The molecule has 0 saturated heterocycles. The van der Waals surface area contributed by atoms with Gasteiger partial charge in [-0.1, -0.05) is 65.9 Å². The third-order valence-corrected chi connectivity index (χ3v) is 6.43. The maximum absolute atomic E-state index is 13.4. The van der Waals surface area contributed by atoms with E-state index in [1.165, 1.54) is 16.3 Å². The van der Waals surface area contributed by atoms with Gasteiger partial charge in [0.15, 0.2) is 0 Å². The Kier molecular flexibility index (Phi) is 5.66. The van der Waals surface area contributed by atoms with Gasteiger partial charge in [-0.15, -0.1) is 0 Å². The molecular weight excluding hydrogens is 420 g/mol. The fourth-order valence-corrected chi connectivity index (χ4v) is 4.66. The van der Waals surface area contributed by atoms with Crippen molar-refractivity contribution in [1.82, 2.24) is 10.3 Å². The molecule has 0 bridgehead atoms. The van der Waals surface area contributed by atoms with Crippen molar-refractivity contribution in [2.75, 3.05) is 18.7 Å². The van der Waals surface area contributed by atoms with Gasteiger partial charge < -0.3 is 10.1 Å². The Bertz CT molecular complexity index is 1240. The van der Waals surface area contributed by atoms with Crippen LogP contribution < -0.4 is 15.1 Å². The van der Waals surface area contributed by atoms with Crippen molar-refractivity contribution in [2.45, 2.75) is 6.54 Å². The van der Waals surface area contributed by atoms with Gasteiger partial charge >= 0.3 is 0 Å². The van der Waals surface area contributed by atoms with Crippen LogP contribution in [0.1, 0.15) is 11.1 Å². The Morgan fingerprint density at radius 1 is 1.00 bits per heavy atom. The number of para-hydroxylation sites is 1. The molecule has 6 nitrogen and oxygen atoms in total. The molecule has 0 fully saturated rings. The van der Waals surface area contributed by atoms with E-state index in [2.05, 4.69) is 10.3 Å². The van der Waals surface area contributed by atoms with Crippen LogP contribution in [0.25, 0.3) is 10.2 Å². The molecule has 160 valence electrons. The van der Waals surface area contributed by atoms with Gasteiger partial charge in [0.25, 0.3) is 5.91 Å². The second kappa shape index (κ2) is 8.90. The zero-order valence-corrected chi connectivity index (χ0v) is 18.4. The molecule has 1 aliphatic heterocycles. The molecule has 3 aromatic carbocycles. The standard InChI is InChI=1S/C25H22N4O2S/c1-31-19-13-11-17(12-14-19)15-26-16-20-23(18-7-3-2-4-8-18)28-29(24(20)30)25-27-21-9-5-6-10-22(21)32-25/h2-14,20,26H,15-16H2,1H3. The minimum absolute atomic E-state index is 0.0647. The molecule has 1 aliphatic rings. The first-order valence-corrected chi connectivity index (χ1v) is 11.2. The molecular formula is C25H22N4O2S. The number of fused-ring (bicyclic) bond motifs is 1. The van der Waals surface area contributed by atoms with Crippen molar-refractivity contribution >= 4 is 38.3 Å². The van der Waals surface area contributed by atoms with E-state index >= 15 is 0 Å². The van der Waals surface area contributed by atoms with E-state index in [-0.39, 0.29) is 11.8 Å². The average molecular weight is 443 g/mol. The summed E-state index contributed by atoms with van der Waals surface area (Å²) in [6.07, 6.45) is 0. The van der Waals surface area contributed by atoms with Gasteiger partial charge in [-0.05, 0) is 35.4 Å². The summed E-state index contributed by atoms with van der Waals surface area (Å²) in [4.78, 5) is 18.1. The summed E-state index contributed by atoms with van der Waals surface area (Å²) < 4.78 is 6.25. The van der Waals surface area contributed by atoms with Crippen LogP contribution in [-0.2, 0) is 11.3 Å². The highest BCUT2D eigenvalue weighted by Gasteiger charge is 2.38. The zero-order valence-electron chi connectivity index (χ0n) is 17.6. The molecule has 1 unspecified atom stereocenters. The number of hydrogen-bond donors (Lipinski definition) is 1. The lowest BCUT2D eigenvalue weighted by atomic mass is 9.96. The highest BCUT2D eigenvalue weighted by atomic mass is 32.1. The Morgan fingerprint density at radius 2 is 1.75 bits per heavy atom. The van der Waals surface area contributed by atoms with Gasteiger partial charge in [0.2, 0.25) is 5.13 Å². The van der Waals surface area contributed by atoms with Crippen molar-refractivity contribution in [3.05, 3.63) is 90.0 Å². The number of nitrogens with zero attached hydrogens (tertiary/aromatic N) is 3. The third-order valence-electron chi connectivity index (χ3n) is 5.41. The van der Waals surface area contributed by atoms with Crippen LogP contribution in [0.3, 0.4) is 0 Å². The number of thiazole rings is 1. The van der Waals surface area contributed by atoms with E-state index in [1.807, 2.05) is 78.9 Å². The number of carbonyl (C=O) groups excluding carboxylic acids is 1. The fraction of sp³-hybridized carbons (Fsp3) is 0.160. The Labute approximate surface area is 190 Å². The van der Waals surface area contributed by atoms with Gasteiger partial charge in [0, 0.05) is 13.1 Å². The summed E-state index contributed by atoms with van der Waals surface area (Å²) in [5.74, 6) is 0.373. The van der Waals surface area contributed by atoms with Gasteiger partial charge in [-0.25, -0.2) is 4.98 Å². The van der Waals surface area contributed by atoms with Crippen LogP contribution in [-0.4, -0.2) is 30.3 Å². The first-order chi connectivity index (χ1) is 15.7. The summed E-state index contributed by atoms with van der Waals surface area (Å²) in [5.41, 5.74) is 3.70. The molecule has 0 spiro atoms. The summed E-state index contributed by atoms with van der Waals surface area (Å²) in [6.45, 7) is 1.14. The predicted octanol–water partition coefficient (Wildman–Crippen LogP) is 4.46. The second-order valence-corrected chi connectivity index (χ2v) is 8.51. The van der Waals surface area contributed by atoms with Gasteiger partial charge in [-0.2, -0.15) is 10.1 Å². The molecule has 4 aromatic rings. The Hall–Kier alpha value is -3.55. The minimum Gasteiger partial charge on any atom is -0.497 e. The number of carbonyl (C=O) groups is 1. The van der Waals surface area contributed by atoms with Crippen LogP contribution >= 0.6 is 11.3 Å². The van der Waals surface area contributed by atoms with Crippen molar-refractivity contribution in [3.63, 3.8) is 0 Å². The third kappa shape index (κ3) is 4.00. The molecule has 5 rings (SSSR count). The van der Waals surface area contributed by atoms with E-state index < -0.39 is 0 Å². The number of rotatable bonds is 7. The summed E-state index contributed by atoms with van der Waals surface area (Å²) in [5, 5.41) is 10.2. The number of ether oxygens (including phenoxy) is 1. The van der Waals surface area contributed by atoms with E-state index in [4.69, 9.17) is 9.84 Å². The maximum Gasteiger partial charge on any atom is 0.260 e. The summed E-state index contributed by atoms with van der Waals surface area (Å²) in [6, 6.07) is 25.6. The lowest BCUT2D eigenvalue weighted by Crippen LogP contribution is -2.35. The number of amides is 1. The molecule has 1 aromatic heterocycles. The second-order valence-electron chi connectivity index (χ2n) is 7.50. The number of benzene rings is 3. The van der Waals surface area contributed by atoms with E-state index in [1.54, 1.807) is 7.11 Å². The molecule has 1 N–H and O–H groups in total. The average Bonchev–Trinajstić information content (AvgIpc) is 3.41.